The number of phenolic OH excluding ortho intramolecular Hbond substituents is 1. The fourth-order valence-electron chi connectivity index (χ4n) is 6.39. The predicted octanol–water partition coefficient (Wildman–Crippen LogP) is 10.5. The number of carbonyl (C=O) groups excluding carboxylic acids is 3. The average molecular weight is 640 g/mol. The molecule has 3 aromatic carbocycles. The highest BCUT2D eigenvalue weighted by Crippen LogP contribution is 2.38. The molecular formula is C41H53NO5. The molecule has 0 heterocycles. The number of carbonyl (C=O) groups is 3. The number of unbranched alkanes of at least 4 members (excludes halogenated alkanes) is 13. The Morgan fingerprint density at radius 3 is 1.81 bits per heavy atom. The lowest BCUT2D eigenvalue weighted by atomic mass is 9.82. The van der Waals surface area contributed by atoms with Crippen LogP contribution < -0.4 is 5.32 Å². The maximum absolute atomic E-state index is 13.3. The number of aromatic hydroxyl groups is 1. The van der Waals surface area contributed by atoms with Crippen molar-refractivity contribution in [3.8, 4) is 5.75 Å². The summed E-state index contributed by atoms with van der Waals surface area (Å²) in [6.07, 6.45) is 20.1. The molecule has 0 saturated heterocycles. The fraction of sp³-hybridized carbons (Fsp3) is 0.488. The molecule has 1 atom stereocenters. The summed E-state index contributed by atoms with van der Waals surface area (Å²) < 4.78 is 5.58. The first-order valence-electron chi connectivity index (χ1n) is 18.0. The Balaban J connectivity index is 1.11. The summed E-state index contributed by atoms with van der Waals surface area (Å²) in [5.74, 6) is -1.09. The molecule has 1 unspecified atom stereocenters. The monoisotopic (exact) mass is 639 g/mol. The van der Waals surface area contributed by atoms with E-state index in [2.05, 4.69) is 12.2 Å². The summed E-state index contributed by atoms with van der Waals surface area (Å²) in [6, 6.07) is 17.4. The van der Waals surface area contributed by atoms with E-state index in [9.17, 15) is 19.5 Å². The Kier molecular flexibility index (Phi) is 14.5. The molecule has 0 bridgehead atoms. The number of hydrogen-bond acceptors (Lipinski definition) is 6. The summed E-state index contributed by atoms with van der Waals surface area (Å²) in [4.78, 5) is 38.9. The van der Waals surface area contributed by atoms with Gasteiger partial charge in [-0.3, -0.25) is 14.4 Å². The van der Waals surface area contributed by atoms with E-state index in [1.807, 2.05) is 31.2 Å². The van der Waals surface area contributed by atoms with Crippen molar-refractivity contribution in [2.24, 2.45) is 5.92 Å². The normalized spacial score (nSPS) is 12.8. The van der Waals surface area contributed by atoms with E-state index >= 15 is 0 Å². The zero-order valence-electron chi connectivity index (χ0n) is 28.5. The van der Waals surface area contributed by atoms with Crippen molar-refractivity contribution in [3.63, 3.8) is 0 Å². The first-order chi connectivity index (χ1) is 22.9. The SMILES string of the molecule is CCCCCCCCCCCCCCCCC(C)C(=O)OCCc1ccc(Nc2ccc(O)c3c2C(=O)c2ccccc2C3=O)cc1. The van der Waals surface area contributed by atoms with Gasteiger partial charge in [0.15, 0.2) is 11.6 Å². The predicted molar refractivity (Wildman–Crippen MR) is 190 cm³/mol. The second-order valence-electron chi connectivity index (χ2n) is 13.1. The molecule has 1 aliphatic carbocycles. The van der Waals surface area contributed by atoms with E-state index in [0.29, 0.717) is 29.8 Å². The molecule has 0 aromatic heterocycles. The number of anilines is 2. The summed E-state index contributed by atoms with van der Waals surface area (Å²) in [5.41, 5.74) is 3.04. The van der Waals surface area contributed by atoms with Crippen LogP contribution in [0.15, 0.2) is 60.7 Å². The summed E-state index contributed by atoms with van der Waals surface area (Å²) in [7, 11) is 0. The lowest BCUT2D eigenvalue weighted by Gasteiger charge is -2.21. The van der Waals surface area contributed by atoms with Gasteiger partial charge in [-0.2, -0.15) is 0 Å². The smallest absolute Gasteiger partial charge is 0.308 e. The molecule has 4 rings (SSSR count). The van der Waals surface area contributed by atoms with Gasteiger partial charge in [-0.25, -0.2) is 0 Å². The third kappa shape index (κ3) is 10.5. The van der Waals surface area contributed by atoms with E-state index in [1.165, 1.54) is 89.5 Å². The Labute approximate surface area is 281 Å². The molecule has 6 heteroatoms. The highest BCUT2D eigenvalue weighted by Gasteiger charge is 2.34. The van der Waals surface area contributed by atoms with Crippen LogP contribution in [0, 0.1) is 5.92 Å². The van der Waals surface area contributed by atoms with Crippen molar-refractivity contribution >= 4 is 28.9 Å². The molecule has 0 radical (unpaired) electrons. The topological polar surface area (TPSA) is 92.7 Å². The van der Waals surface area contributed by atoms with Gasteiger partial charge in [0, 0.05) is 23.2 Å². The highest BCUT2D eigenvalue weighted by molar-refractivity contribution is 6.31. The van der Waals surface area contributed by atoms with E-state index in [-0.39, 0.29) is 40.3 Å². The number of fused-ring (bicyclic) bond motifs is 2. The molecule has 0 aliphatic heterocycles. The zero-order valence-corrected chi connectivity index (χ0v) is 28.5. The quantitative estimate of drug-likeness (QED) is 0.0535. The van der Waals surface area contributed by atoms with Crippen LogP contribution in [-0.2, 0) is 16.0 Å². The number of rotatable bonds is 21. The molecule has 0 fully saturated rings. The van der Waals surface area contributed by atoms with Crippen LogP contribution in [0.3, 0.4) is 0 Å². The molecule has 0 spiro atoms. The van der Waals surface area contributed by atoms with E-state index in [1.54, 1.807) is 30.3 Å². The molecule has 2 N–H and O–H groups in total. The molecule has 6 nitrogen and oxygen atoms in total. The van der Waals surface area contributed by atoms with E-state index in [4.69, 9.17) is 4.74 Å². The van der Waals surface area contributed by atoms with Crippen molar-refractivity contribution in [2.45, 2.75) is 117 Å². The van der Waals surface area contributed by atoms with Crippen LogP contribution >= 0.6 is 0 Å². The van der Waals surface area contributed by atoms with Crippen molar-refractivity contribution in [2.75, 3.05) is 11.9 Å². The standard InChI is InChI=1S/C41H53NO5/c1-3-4-5-6-7-8-9-10-11-12-13-14-15-16-19-30(2)41(46)47-29-28-31-22-24-32(25-23-31)42-35-26-27-36(43)38-37(35)39(44)33-20-17-18-21-34(33)40(38)45/h17-18,20-27,30,42-43H,3-16,19,28-29H2,1-2H3. The largest absolute Gasteiger partial charge is 0.507 e. The summed E-state index contributed by atoms with van der Waals surface area (Å²) in [5, 5.41) is 13.7. The van der Waals surface area contributed by atoms with Crippen LogP contribution in [0.1, 0.15) is 148 Å². The maximum atomic E-state index is 13.3. The summed E-state index contributed by atoms with van der Waals surface area (Å²) in [6.45, 7) is 4.56. The van der Waals surface area contributed by atoms with E-state index in [0.717, 1.165) is 24.1 Å². The molecular weight excluding hydrogens is 586 g/mol. The Bertz CT molecular complexity index is 1460. The number of phenols is 1. The van der Waals surface area contributed by atoms with Gasteiger partial charge in [-0.05, 0) is 36.2 Å². The second-order valence-corrected chi connectivity index (χ2v) is 13.1. The van der Waals surface area contributed by atoms with Crippen LogP contribution in [0.4, 0.5) is 11.4 Å². The minimum Gasteiger partial charge on any atom is -0.507 e. The van der Waals surface area contributed by atoms with Crippen molar-refractivity contribution < 1.29 is 24.2 Å². The number of esters is 1. The van der Waals surface area contributed by atoms with Crippen molar-refractivity contribution in [1.82, 2.24) is 0 Å². The Morgan fingerprint density at radius 2 is 1.23 bits per heavy atom. The van der Waals surface area contributed by atoms with Gasteiger partial charge in [-0.1, -0.05) is 140 Å². The number of hydrogen-bond donors (Lipinski definition) is 2. The Hall–Kier alpha value is -3.93. The van der Waals surface area contributed by atoms with Crippen molar-refractivity contribution in [1.29, 1.82) is 0 Å². The van der Waals surface area contributed by atoms with Crippen molar-refractivity contribution in [3.05, 3.63) is 88.5 Å². The second kappa shape index (κ2) is 19.0. The highest BCUT2D eigenvalue weighted by atomic mass is 16.5. The van der Waals surface area contributed by atoms with Gasteiger partial charge >= 0.3 is 5.97 Å². The average Bonchev–Trinajstić information content (AvgIpc) is 3.08. The third-order valence-electron chi connectivity index (χ3n) is 9.31. The van der Waals surface area contributed by atoms with Gasteiger partial charge in [0.05, 0.1) is 29.3 Å². The lowest BCUT2D eigenvalue weighted by Crippen LogP contribution is -2.22. The van der Waals surface area contributed by atoms with Gasteiger partial charge in [0.2, 0.25) is 0 Å². The molecule has 47 heavy (non-hydrogen) atoms. The number of benzene rings is 3. The van der Waals surface area contributed by atoms with Gasteiger partial charge in [-0.15, -0.1) is 0 Å². The first-order valence-corrected chi connectivity index (χ1v) is 18.0. The molecule has 252 valence electrons. The van der Waals surface area contributed by atoms with Crippen LogP contribution in [0.25, 0.3) is 0 Å². The number of ketones is 2. The first kappa shape index (κ1) is 35.9. The van der Waals surface area contributed by atoms with Gasteiger partial charge in [0.25, 0.3) is 0 Å². The molecule has 0 amide bonds. The Morgan fingerprint density at radius 1 is 0.702 bits per heavy atom. The van der Waals surface area contributed by atoms with Crippen LogP contribution in [-0.4, -0.2) is 29.2 Å². The zero-order chi connectivity index (χ0) is 33.4. The van der Waals surface area contributed by atoms with Crippen LogP contribution in [0.5, 0.6) is 5.75 Å². The maximum Gasteiger partial charge on any atom is 0.308 e. The molecule has 1 aliphatic rings. The minimum absolute atomic E-state index is 0.0238. The third-order valence-corrected chi connectivity index (χ3v) is 9.31. The van der Waals surface area contributed by atoms with E-state index < -0.39 is 0 Å². The lowest BCUT2D eigenvalue weighted by molar-refractivity contribution is -0.148. The van der Waals surface area contributed by atoms with Gasteiger partial charge < -0.3 is 15.2 Å². The summed E-state index contributed by atoms with van der Waals surface area (Å²) >= 11 is 0. The fourth-order valence-corrected chi connectivity index (χ4v) is 6.39. The number of ether oxygens (including phenoxy) is 1. The molecule has 3 aromatic rings. The number of nitrogens with one attached hydrogen (secondary N) is 1. The van der Waals surface area contributed by atoms with Gasteiger partial charge in [0.1, 0.15) is 5.75 Å². The molecule has 0 saturated carbocycles. The minimum atomic E-state index is -0.366. The van der Waals surface area contributed by atoms with Crippen LogP contribution in [0.2, 0.25) is 0 Å².